The summed E-state index contributed by atoms with van der Waals surface area (Å²) < 4.78 is 1.03. The lowest BCUT2D eigenvalue weighted by Gasteiger charge is -2.28. The molecule has 136 valence electrons. The highest BCUT2D eigenvalue weighted by molar-refractivity contribution is 9.10. The number of hydrogen-bond acceptors (Lipinski definition) is 3. The molecule has 0 saturated carbocycles. The Morgan fingerprint density at radius 1 is 1.19 bits per heavy atom. The van der Waals surface area contributed by atoms with E-state index in [9.17, 15) is 9.90 Å². The van der Waals surface area contributed by atoms with Crippen LogP contribution in [0, 0.1) is 0 Å². The number of nitrogens with zero attached hydrogens (tertiary/aromatic N) is 1. The molecule has 1 aliphatic heterocycles. The van der Waals surface area contributed by atoms with Gasteiger partial charge in [-0.3, -0.25) is 4.79 Å². The zero-order valence-electron chi connectivity index (χ0n) is 14.1. The number of hydrogen-bond donors (Lipinski definition) is 1. The summed E-state index contributed by atoms with van der Waals surface area (Å²) in [5.74, 6) is -0.0281. The smallest absolute Gasteiger partial charge is 0.246 e. The number of halogens is 2. The fourth-order valence-corrected chi connectivity index (χ4v) is 4.38. The van der Waals surface area contributed by atoms with Crippen molar-refractivity contribution in [1.29, 1.82) is 0 Å². The van der Waals surface area contributed by atoms with Gasteiger partial charge in [-0.25, -0.2) is 0 Å². The fourth-order valence-electron chi connectivity index (χ4n) is 2.71. The maximum Gasteiger partial charge on any atom is 0.246 e. The third-order valence-corrected chi connectivity index (χ3v) is 6.74. The number of benzene rings is 2. The SMILES string of the molecule is O=C(/C=C/c1ccc(Sc2ccccc2Br)c(Cl)c1)N1CCC(O)CC1. The van der Waals surface area contributed by atoms with Crippen LogP contribution in [0.25, 0.3) is 6.08 Å². The molecule has 1 amide bonds. The van der Waals surface area contributed by atoms with Crippen molar-refractivity contribution in [2.75, 3.05) is 13.1 Å². The van der Waals surface area contributed by atoms with Crippen LogP contribution in [0.1, 0.15) is 18.4 Å². The van der Waals surface area contributed by atoms with Crippen molar-refractivity contribution < 1.29 is 9.90 Å². The van der Waals surface area contributed by atoms with E-state index in [2.05, 4.69) is 15.9 Å². The van der Waals surface area contributed by atoms with Crippen molar-refractivity contribution in [3.8, 4) is 0 Å². The molecule has 3 nitrogen and oxygen atoms in total. The zero-order valence-corrected chi connectivity index (χ0v) is 17.2. The quantitative estimate of drug-likeness (QED) is 0.644. The number of amides is 1. The number of carbonyl (C=O) groups is 1. The molecule has 0 unspecified atom stereocenters. The predicted octanol–water partition coefficient (Wildman–Crippen LogP) is 5.25. The molecule has 1 N–H and O–H groups in total. The van der Waals surface area contributed by atoms with Crippen LogP contribution in [0.2, 0.25) is 5.02 Å². The van der Waals surface area contributed by atoms with Gasteiger partial charge in [-0.15, -0.1) is 0 Å². The van der Waals surface area contributed by atoms with Crippen molar-refractivity contribution in [2.45, 2.75) is 28.7 Å². The lowest BCUT2D eigenvalue weighted by molar-refractivity contribution is -0.127. The molecule has 1 saturated heterocycles. The van der Waals surface area contributed by atoms with Gasteiger partial charge in [0, 0.05) is 33.4 Å². The van der Waals surface area contributed by atoms with E-state index in [4.69, 9.17) is 11.6 Å². The first-order chi connectivity index (χ1) is 12.5. The molecule has 26 heavy (non-hydrogen) atoms. The highest BCUT2D eigenvalue weighted by Crippen LogP contribution is 2.37. The van der Waals surface area contributed by atoms with Gasteiger partial charge in [0.05, 0.1) is 11.1 Å². The Kier molecular flexibility index (Phi) is 6.81. The Labute approximate surface area is 171 Å². The van der Waals surface area contributed by atoms with Crippen molar-refractivity contribution in [3.63, 3.8) is 0 Å². The average Bonchev–Trinajstić information content (AvgIpc) is 2.64. The topological polar surface area (TPSA) is 40.5 Å². The highest BCUT2D eigenvalue weighted by atomic mass is 79.9. The molecule has 2 aromatic carbocycles. The van der Waals surface area contributed by atoms with Crippen LogP contribution >= 0.6 is 39.3 Å². The first kappa shape index (κ1) is 19.5. The van der Waals surface area contributed by atoms with Crippen molar-refractivity contribution >= 4 is 51.3 Å². The van der Waals surface area contributed by atoms with E-state index in [1.165, 1.54) is 0 Å². The average molecular weight is 453 g/mol. The van der Waals surface area contributed by atoms with Crippen molar-refractivity contribution in [1.82, 2.24) is 4.90 Å². The minimum atomic E-state index is -0.281. The number of carbonyl (C=O) groups excluding carboxylic acids is 1. The molecule has 0 bridgehead atoms. The molecular formula is C20H19BrClNO2S. The van der Waals surface area contributed by atoms with E-state index in [0.717, 1.165) is 19.8 Å². The van der Waals surface area contributed by atoms with E-state index < -0.39 is 0 Å². The predicted molar refractivity (Wildman–Crippen MR) is 111 cm³/mol. The van der Waals surface area contributed by atoms with E-state index >= 15 is 0 Å². The molecule has 1 heterocycles. The minimum absolute atomic E-state index is 0.0281. The molecular weight excluding hydrogens is 434 g/mol. The third-order valence-electron chi connectivity index (χ3n) is 4.21. The van der Waals surface area contributed by atoms with Gasteiger partial charge in [0.15, 0.2) is 0 Å². The van der Waals surface area contributed by atoms with Gasteiger partial charge >= 0.3 is 0 Å². The zero-order chi connectivity index (χ0) is 18.5. The summed E-state index contributed by atoms with van der Waals surface area (Å²) in [7, 11) is 0. The second-order valence-corrected chi connectivity index (χ2v) is 8.46. The molecule has 0 spiro atoms. The first-order valence-corrected chi connectivity index (χ1v) is 10.4. The van der Waals surface area contributed by atoms with Crippen LogP contribution in [-0.2, 0) is 4.79 Å². The van der Waals surface area contributed by atoms with Crippen molar-refractivity contribution in [2.24, 2.45) is 0 Å². The second-order valence-electron chi connectivity index (χ2n) is 6.11. The van der Waals surface area contributed by atoms with Crippen LogP contribution in [0.15, 0.2) is 62.8 Å². The maximum atomic E-state index is 12.2. The van der Waals surface area contributed by atoms with Gasteiger partial charge in [-0.1, -0.05) is 41.6 Å². The van der Waals surface area contributed by atoms with Crippen LogP contribution in [-0.4, -0.2) is 35.1 Å². The fraction of sp³-hybridized carbons (Fsp3) is 0.250. The molecule has 2 aromatic rings. The summed E-state index contributed by atoms with van der Waals surface area (Å²) in [5.41, 5.74) is 0.886. The van der Waals surface area contributed by atoms with E-state index in [1.54, 1.807) is 28.8 Å². The number of rotatable bonds is 4. The molecule has 0 aromatic heterocycles. The van der Waals surface area contributed by atoms with Gasteiger partial charge in [0.2, 0.25) is 5.91 Å². The van der Waals surface area contributed by atoms with Crippen LogP contribution in [0.4, 0.5) is 0 Å². The van der Waals surface area contributed by atoms with Crippen LogP contribution < -0.4 is 0 Å². The van der Waals surface area contributed by atoms with Crippen LogP contribution in [0.3, 0.4) is 0 Å². The lowest BCUT2D eigenvalue weighted by Crippen LogP contribution is -2.39. The highest BCUT2D eigenvalue weighted by Gasteiger charge is 2.19. The normalized spacial score (nSPS) is 15.6. The maximum absolute atomic E-state index is 12.2. The standard InChI is InChI=1S/C20H19BrClNO2S/c21-16-3-1-2-4-18(16)26-19-7-5-14(13-17(19)22)6-8-20(25)23-11-9-15(24)10-12-23/h1-8,13,15,24H,9-12H2/b8-6+. The van der Waals surface area contributed by atoms with Crippen molar-refractivity contribution in [3.05, 3.63) is 63.6 Å². The van der Waals surface area contributed by atoms with Gasteiger partial charge in [-0.2, -0.15) is 0 Å². The Bertz CT molecular complexity index is 819. The molecule has 0 aliphatic carbocycles. The molecule has 1 aliphatic rings. The van der Waals surface area contributed by atoms with Crippen LogP contribution in [0.5, 0.6) is 0 Å². The molecule has 3 rings (SSSR count). The van der Waals surface area contributed by atoms with Gasteiger partial charge in [0.1, 0.15) is 0 Å². The summed E-state index contributed by atoms with van der Waals surface area (Å²) in [4.78, 5) is 16.1. The van der Waals surface area contributed by atoms with E-state index in [-0.39, 0.29) is 12.0 Å². The monoisotopic (exact) mass is 451 g/mol. The molecule has 0 radical (unpaired) electrons. The summed E-state index contributed by atoms with van der Waals surface area (Å²) in [5, 5.41) is 10.2. The number of piperidine rings is 1. The van der Waals surface area contributed by atoms with E-state index in [1.807, 2.05) is 42.5 Å². The second kappa shape index (κ2) is 9.09. The number of aliphatic hydroxyl groups excluding tert-OH is 1. The van der Waals surface area contributed by atoms with Gasteiger partial charge in [-0.05, 0) is 64.7 Å². The number of aliphatic hydroxyl groups is 1. The number of likely N-dealkylation sites (tertiary alicyclic amines) is 1. The molecule has 6 heteroatoms. The third kappa shape index (κ3) is 5.13. The Balaban J connectivity index is 1.65. The summed E-state index contributed by atoms with van der Waals surface area (Å²) in [6.45, 7) is 1.21. The lowest BCUT2D eigenvalue weighted by atomic mass is 10.1. The first-order valence-electron chi connectivity index (χ1n) is 8.40. The van der Waals surface area contributed by atoms with Gasteiger partial charge < -0.3 is 10.0 Å². The molecule has 0 atom stereocenters. The molecule has 1 fully saturated rings. The Morgan fingerprint density at radius 2 is 1.92 bits per heavy atom. The summed E-state index contributed by atoms with van der Waals surface area (Å²) >= 11 is 11.6. The Morgan fingerprint density at radius 3 is 2.62 bits per heavy atom. The Hall–Kier alpha value is -1.27. The van der Waals surface area contributed by atoms with Gasteiger partial charge in [0.25, 0.3) is 0 Å². The minimum Gasteiger partial charge on any atom is -0.393 e. The van der Waals surface area contributed by atoms with E-state index in [0.29, 0.717) is 31.0 Å². The summed E-state index contributed by atoms with van der Waals surface area (Å²) in [6, 6.07) is 13.8. The largest absolute Gasteiger partial charge is 0.393 e. The summed E-state index contributed by atoms with van der Waals surface area (Å²) in [6.07, 6.45) is 4.37.